The van der Waals surface area contributed by atoms with Crippen molar-refractivity contribution >= 4 is 40.8 Å². The van der Waals surface area contributed by atoms with Crippen LogP contribution in [0, 0.1) is 10.1 Å². The predicted octanol–water partition coefficient (Wildman–Crippen LogP) is 4.21. The summed E-state index contributed by atoms with van der Waals surface area (Å²) in [5.41, 5.74) is 1.43. The first-order valence-electron chi connectivity index (χ1n) is 12.2. The molecule has 0 heterocycles. The summed E-state index contributed by atoms with van der Waals surface area (Å²) in [7, 11) is 0. The van der Waals surface area contributed by atoms with Crippen molar-refractivity contribution in [1.29, 1.82) is 0 Å². The largest absolute Gasteiger partial charge is 0.459 e. The molecule has 0 atom stereocenters. The van der Waals surface area contributed by atoms with Gasteiger partial charge >= 0.3 is 11.9 Å². The molecule has 0 saturated heterocycles. The van der Waals surface area contributed by atoms with Crippen molar-refractivity contribution in [3.63, 3.8) is 0 Å². The standard InChI is InChI=1S/C28H28N4O8/c33-16-14-31(15-17-34)24-10-8-23(9-11-24)29-30-25-12-7-22(20-26(25)32(37)38)28(36)40-19-18-39-27(35)13-6-21-4-2-1-3-5-21/h1-13,20,33-34H,14-19H2/b13-6+,30-29?. The molecule has 0 bridgehead atoms. The Hall–Kier alpha value is -4.94. The summed E-state index contributed by atoms with van der Waals surface area (Å²) in [5.74, 6) is -1.43. The molecule has 0 fully saturated rings. The third-order valence-electron chi connectivity index (χ3n) is 5.41. The topological polar surface area (TPSA) is 164 Å². The highest BCUT2D eigenvalue weighted by Gasteiger charge is 2.19. The molecular formula is C28H28N4O8. The van der Waals surface area contributed by atoms with E-state index in [0.717, 1.165) is 17.3 Å². The number of esters is 2. The van der Waals surface area contributed by atoms with E-state index in [-0.39, 0.29) is 37.7 Å². The Bertz CT molecular complexity index is 1340. The van der Waals surface area contributed by atoms with Crippen LogP contribution in [-0.4, -0.2) is 66.6 Å². The fourth-order valence-corrected chi connectivity index (χ4v) is 3.47. The van der Waals surface area contributed by atoms with E-state index in [2.05, 4.69) is 10.2 Å². The Morgan fingerprint density at radius 2 is 1.57 bits per heavy atom. The van der Waals surface area contributed by atoms with Crippen molar-refractivity contribution < 1.29 is 34.2 Å². The molecule has 0 aliphatic carbocycles. The van der Waals surface area contributed by atoms with E-state index < -0.39 is 22.5 Å². The number of rotatable bonds is 14. The van der Waals surface area contributed by atoms with Crippen molar-refractivity contribution in [1.82, 2.24) is 0 Å². The van der Waals surface area contributed by atoms with Gasteiger partial charge in [-0.05, 0) is 48.0 Å². The lowest BCUT2D eigenvalue weighted by Crippen LogP contribution is -2.29. The van der Waals surface area contributed by atoms with Gasteiger partial charge in [0.05, 0.1) is 29.4 Å². The van der Waals surface area contributed by atoms with Gasteiger partial charge in [-0.1, -0.05) is 30.3 Å². The number of nitro benzene ring substituents is 1. The van der Waals surface area contributed by atoms with E-state index in [1.807, 2.05) is 30.3 Å². The molecule has 3 aromatic rings. The summed E-state index contributed by atoms with van der Waals surface area (Å²) >= 11 is 0. The van der Waals surface area contributed by atoms with Crippen molar-refractivity contribution in [3.8, 4) is 0 Å². The van der Waals surface area contributed by atoms with Gasteiger partial charge in [0.1, 0.15) is 13.2 Å². The fraction of sp³-hybridized carbons (Fsp3) is 0.214. The van der Waals surface area contributed by atoms with Gasteiger partial charge in [-0.15, -0.1) is 5.11 Å². The molecule has 3 rings (SSSR count). The number of carbonyl (C=O) groups is 2. The van der Waals surface area contributed by atoms with Crippen molar-refractivity contribution in [2.24, 2.45) is 10.2 Å². The van der Waals surface area contributed by atoms with E-state index >= 15 is 0 Å². The molecular weight excluding hydrogens is 520 g/mol. The number of ether oxygens (including phenoxy) is 2. The average Bonchev–Trinajstić information content (AvgIpc) is 2.97. The number of carbonyl (C=O) groups excluding carboxylic acids is 2. The van der Waals surface area contributed by atoms with Crippen LogP contribution in [0.15, 0.2) is 89.1 Å². The van der Waals surface area contributed by atoms with Crippen LogP contribution in [0.1, 0.15) is 15.9 Å². The number of nitro groups is 1. The van der Waals surface area contributed by atoms with Crippen LogP contribution in [0.5, 0.6) is 0 Å². The predicted molar refractivity (Wildman–Crippen MR) is 147 cm³/mol. The van der Waals surface area contributed by atoms with Crippen molar-refractivity contribution in [2.45, 2.75) is 0 Å². The van der Waals surface area contributed by atoms with Gasteiger partial charge < -0.3 is 24.6 Å². The molecule has 12 nitrogen and oxygen atoms in total. The number of hydrogen-bond donors (Lipinski definition) is 2. The Morgan fingerprint density at radius 3 is 2.23 bits per heavy atom. The van der Waals surface area contributed by atoms with E-state index in [0.29, 0.717) is 18.8 Å². The smallest absolute Gasteiger partial charge is 0.338 e. The zero-order valence-corrected chi connectivity index (χ0v) is 21.5. The molecule has 0 radical (unpaired) electrons. The third kappa shape index (κ3) is 9.11. The second-order valence-electron chi connectivity index (χ2n) is 8.16. The van der Waals surface area contributed by atoms with Crippen LogP contribution in [-0.2, 0) is 14.3 Å². The first-order chi connectivity index (χ1) is 19.4. The molecule has 12 heteroatoms. The fourth-order valence-electron chi connectivity index (χ4n) is 3.47. The zero-order valence-electron chi connectivity index (χ0n) is 21.5. The third-order valence-corrected chi connectivity index (χ3v) is 5.41. The summed E-state index contributed by atoms with van der Waals surface area (Å²) in [6.45, 7) is 0.126. The van der Waals surface area contributed by atoms with Gasteiger partial charge in [-0.25, -0.2) is 9.59 Å². The van der Waals surface area contributed by atoms with E-state index in [4.69, 9.17) is 9.47 Å². The van der Waals surface area contributed by atoms with E-state index in [1.165, 1.54) is 18.2 Å². The molecule has 0 unspecified atom stereocenters. The van der Waals surface area contributed by atoms with Crippen LogP contribution >= 0.6 is 0 Å². The van der Waals surface area contributed by atoms with Crippen LogP contribution in [0.4, 0.5) is 22.7 Å². The summed E-state index contributed by atoms with van der Waals surface area (Å²) in [6.07, 6.45) is 2.85. The monoisotopic (exact) mass is 548 g/mol. The highest BCUT2D eigenvalue weighted by Crippen LogP contribution is 2.30. The quantitative estimate of drug-likeness (QED) is 0.0749. The summed E-state index contributed by atoms with van der Waals surface area (Å²) < 4.78 is 10.0. The molecule has 0 aliphatic heterocycles. The number of hydrogen-bond acceptors (Lipinski definition) is 11. The minimum Gasteiger partial charge on any atom is -0.459 e. The number of benzene rings is 3. The maximum Gasteiger partial charge on any atom is 0.338 e. The van der Waals surface area contributed by atoms with Gasteiger partial charge in [0, 0.05) is 30.9 Å². The van der Waals surface area contributed by atoms with Crippen LogP contribution in [0.2, 0.25) is 0 Å². The number of aliphatic hydroxyl groups excluding tert-OH is 2. The first-order valence-corrected chi connectivity index (χ1v) is 12.2. The summed E-state index contributed by atoms with van der Waals surface area (Å²) in [4.78, 5) is 36.8. The maximum absolute atomic E-state index is 12.4. The van der Waals surface area contributed by atoms with E-state index in [9.17, 15) is 29.9 Å². The Balaban J connectivity index is 1.56. The number of aliphatic hydroxyl groups is 2. The SMILES string of the molecule is O=C(/C=C/c1ccccc1)OCCOC(=O)c1ccc(N=Nc2ccc(N(CCO)CCO)cc2)c([N+](=O)[O-])c1. The first kappa shape index (κ1) is 29.6. The number of anilines is 1. The van der Waals surface area contributed by atoms with Crippen molar-refractivity contribution in [2.75, 3.05) is 44.4 Å². The van der Waals surface area contributed by atoms with Gasteiger partial charge in [0.25, 0.3) is 5.69 Å². The van der Waals surface area contributed by atoms with Gasteiger partial charge in [-0.3, -0.25) is 10.1 Å². The minimum atomic E-state index is -0.826. The zero-order chi connectivity index (χ0) is 28.7. The van der Waals surface area contributed by atoms with Crippen LogP contribution in [0.25, 0.3) is 6.08 Å². The molecule has 0 aromatic heterocycles. The van der Waals surface area contributed by atoms with Crippen LogP contribution < -0.4 is 4.90 Å². The number of azo groups is 1. The summed E-state index contributed by atoms with van der Waals surface area (Å²) in [5, 5.41) is 37.9. The molecule has 0 spiro atoms. The molecule has 208 valence electrons. The second-order valence-corrected chi connectivity index (χ2v) is 8.16. The lowest BCUT2D eigenvalue weighted by molar-refractivity contribution is -0.384. The molecule has 0 saturated carbocycles. The highest BCUT2D eigenvalue weighted by molar-refractivity contribution is 5.91. The molecule has 0 aliphatic rings. The molecule has 2 N–H and O–H groups in total. The second kappa shape index (κ2) is 15.5. The van der Waals surface area contributed by atoms with Gasteiger partial charge in [0.2, 0.25) is 0 Å². The molecule has 0 amide bonds. The lowest BCUT2D eigenvalue weighted by Gasteiger charge is -2.22. The van der Waals surface area contributed by atoms with E-state index in [1.54, 1.807) is 35.2 Å². The molecule has 3 aromatic carbocycles. The Kier molecular flexibility index (Phi) is 11.5. The number of nitrogens with zero attached hydrogens (tertiary/aromatic N) is 4. The van der Waals surface area contributed by atoms with Crippen LogP contribution in [0.3, 0.4) is 0 Å². The highest BCUT2D eigenvalue weighted by atomic mass is 16.6. The average molecular weight is 549 g/mol. The summed E-state index contributed by atoms with van der Waals surface area (Å²) in [6, 6.07) is 19.5. The molecule has 40 heavy (non-hydrogen) atoms. The van der Waals surface area contributed by atoms with Gasteiger partial charge in [-0.2, -0.15) is 5.11 Å². The van der Waals surface area contributed by atoms with Gasteiger partial charge in [0.15, 0.2) is 5.69 Å². The Labute approximate surface area is 230 Å². The van der Waals surface area contributed by atoms with Crippen molar-refractivity contribution in [3.05, 3.63) is 100 Å². The maximum atomic E-state index is 12.4. The normalized spacial score (nSPS) is 11.1. The Morgan fingerprint density at radius 1 is 0.900 bits per heavy atom. The minimum absolute atomic E-state index is 0.0630. The lowest BCUT2D eigenvalue weighted by atomic mass is 10.2.